The number of ether oxygens (including phenoxy) is 2. The maximum absolute atomic E-state index is 13.3. The van der Waals surface area contributed by atoms with Gasteiger partial charge in [-0.2, -0.15) is 0 Å². The van der Waals surface area contributed by atoms with E-state index in [4.69, 9.17) is 9.47 Å². The topological polar surface area (TPSA) is 87.0 Å². The molecule has 0 unspecified atom stereocenters. The lowest BCUT2D eigenvalue weighted by Gasteiger charge is -2.24. The number of hydrogen-bond donors (Lipinski definition) is 0. The van der Waals surface area contributed by atoms with Crippen LogP contribution in [0.1, 0.15) is 30.3 Å². The first-order valence-electron chi connectivity index (χ1n) is 9.32. The van der Waals surface area contributed by atoms with E-state index in [0.29, 0.717) is 26.3 Å². The largest absolute Gasteiger partial charge is 0.466 e. The molecule has 7 nitrogen and oxygen atoms in total. The summed E-state index contributed by atoms with van der Waals surface area (Å²) in [5, 5.41) is 1.94. The second-order valence-corrected chi connectivity index (χ2v) is 8.74. The van der Waals surface area contributed by atoms with Crippen LogP contribution >= 0.6 is 22.7 Å². The molecule has 0 fully saturated rings. The maximum Gasteiger partial charge on any atom is 0.338 e. The predicted octanol–water partition coefficient (Wildman–Crippen LogP) is 2.40. The third-order valence-electron chi connectivity index (χ3n) is 4.70. The highest BCUT2D eigenvalue weighted by Gasteiger charge is 2.33. The predicted molar refractivity (Wildman–Crippen MR) is 118 cm³/mol. The highest BCUT2D eigenvalue weighted by Crippen LogP contribution is 2.31. The Morgan fingerprint density at radius 3 is 2.55 bits per heavy atom. The van der Waals surface area contributed by atoms with Crippen LogP contribution < -0.4 is 19.6 Å². The summed E-state index contributed by atoms with van der Waals surface area (Å²) in [7, 11) is 1.30. The fourth-order valence-corrected chi connectivity index (χ4v) is 5.16. The highest BCUT2D eigenvalue weighted by molar-refractivity contribution is 7.11. The molecule has 158 valence electrons. The van der Waals surface area contributed by atoms with Crippen molar-refractivity contribution in [3.63, 3.8) is 0 Å². The molecule has 3 heterocycles. The van der Waals surface area contributed by atoms with Crippen molar-refractivity contribution in [2.45, 2.75) is 19.9 Å². The fourth-order valence-electron chi connectivity index (χ4n) is 3.39. The minimum atomic E-state index is -0.708. The van der Waals surface area contributed by atoms with Crippen molar-refractivity contribution in [1.82, 2.24) is 4.57 Å². The van der Waals surface area contributed by atoms with Crippen LogP contribution in [0.4, 0.5) is 0 Å². The molecule has 1 atom stereocenters. The number of rotatable bonds is 4. The van der Waals surface area contributed by atoms with Crippen LogP contribution in [-0.4, -0.2) is 23.6 Å². The molecule has 0 bridgehead atoms. The number of thiazole rings is 1. The number of methoxy groups -OCH3 is 1. The number of carbonyl (C=O) groups is 2. The van der Waals surface area contributed by atoms with Crippen LogP contribution in [0, 0.1) is 0 Å². The van der Waals surface area contributed by atoms with Crippen molar-refractivity contribution in [3.8, 4) is 5.75 Å². The Morgan fingerprint density at radius 1 is 1.19 bits per heavy atom. The van der Waals surface area contributed by atoms with Gasteiger partial charge in [0.05, 0.1) is 29.0 Å². The van der Waals surface area contributed by atoms with Gasteiger partial charge in [0, 0.05) is 11.8 Å². The van der Waals surface area contributed by atoms with E-state index in [-0.39, 0.29) is 11.1 Å². The number of benzene rings is 1. The number of allylic oxidation sites excluding steroid dienone is 1. The molecule has 0 spiro atoms. The normalized spacial score (nSPS) is 16.0. The van der Waals surface area contributed by atoms with Crippen molar-refractivity contribution >= 4 is 40.7 Å². The average molecular weight is 455 g/mol. The Morgan fingerprint density at radius 2 is 1.94 bits per heavy atom. The zero-order valence-electron chi connectivity index (χ0n) is 16.9. The summed E-state index contributed by atoms with van der Waals surface area (Å²) in [5.74, 6) is -0.607. The number of thiophene rings is 1. The molecule has 2 aromatic heterocycles. The number of aromatic nitrogens is 1. The summed E-state index contributed by atoms with van der Waals surface area (Å²) < 4.78 is 12.1. The van der Waals surface area contributed by atoms with E-state index < -0.39 is 18.0 Å². The summed E-state index contributed by atoms with van der Waals surface area (Å²) in [6, 6.07) is 9.84. The fraction of sp³-hybridized carbons (Fsp3) is 0.182. The molecular formula is C22H18N2O5S2. The lowest BCUT2D eigenvalue weighted by atomic mass is 9.96. The molecule has 1 aliphatic heterocycles. The average Bonchev–Trinajstić information content (AvgIpc) is 3.35. The summed E-state index contributed by atoms with van der Waals surface area (Å²) in [4.78, 5) is 43.2. The molecule has 31 heavy (non-hydrogen) atoms. The molecule has 0 aliphatic carbocycles. The van der Waals surface area contributed by atoms with Gasteiger partial charge in [-0.25, -0.2) is 9.79 Å². The minimum absolute atomic E-state index is 0.236. The van der Waals surface area contributed by atoms with Crippen LogP contribution in [-0.2, 0) is 14.3 Å². The number of esters is 2. The second-order valence-electron chi connectivity index (χ2n) is 6.75. The zero-order chi connectivity index (χ0) is 22.1. The molecule has 9 heteroatoms. The second kappa shape index (κ2) is 8.44. The van der Waals surface area contributed by atoms with Crippen molar-refractivity contribution in [2.24, 2.45) is 4.99 Å². The van der Waals surface area contributed by atoms with E-state index >= 15 is 0 Å². The monoisotopic (exact) mass is 454 g/mol. The van der Waals surface area contributed by atoms with Gasteiger partial charge in [-0.3, -0.25) is 14.2 Å². The van der Waals surface area contributed by atoms with Crippen molar-refractivity contribution in [3.05, 3.63) is 83.2 Å². The Labute approximate surface area is 185 Å². The van der Waals surface area contributed by atoms with Crippen LogP contribution in [0.2, 0.25) is 0 Å². The van der Waals surface area contributed by atoms with Crippen LogP contribution in [0.15, 0.2) is 62.8 Å². The van der Waals surface area contributed by atoms with Gasteiger partial charge in [0.2, 0.25) is 0 Å². The summed E-state index contributed by atoms with van der Waals surface area (Å²) in [6.07, 6.45) is 1.83. The molecule has 0 saturated heterocycles. The highest BCUT2D eigenvalue weighted by atomic mass is 32.1. The van der Waals surface area contributed by atoms with Gasteiger partial charge in [0.25, 0.3) is 5.56 Å². The number of carbonyl (C=O) groups excluding carboxylic acids is 2. The van der Waals surface area contributed by atoms with Crippen molar-refractivity contribution in [1.29, 1.82) is 0 Å². The van der Waals surface area contributed by atoms with Gasteiger partial charge in [0.1, 0.15) is 5.75 Å². The van der Waals surface area contributed by atoms with Gasteiger partial charge in [-0.1, -0.05) is 29.5 Å². The molecule has 1 aromatic carbocycles. The molecule has 3 aromatic rings. The van der Waals surface area contributed by atoms with E-state index in [0.717, 1.165) is 4.88 Å². The first kappa shape index (κ1) is 21.0. The number of hydrogen-bond acceptors (Lipinski definition) is 8. The van der Waals surface area contributed by atoms with Crippen LogP contribution in [0.25, 0.3) is 6.08 Å². The Balaban J connectivity index is 1.91. The SMILES string of the molecule is COC(=O)C1=C(C)N=c2sc(=Cc3cccs3)c(=O)n2[C@@H]1c1ccc(OC(C)=O)cc1. The number of nitrogens with zero attached hydrogens (tertiary/aromatic N) is 2. The van der Waals surface area contributed by atoms with Gasteiger partial charge in [-0.05, 0) is 42.1 Å². The summed E-state index contributed by atoms with van der Waals surface area (Å²) in [5.41, 5.74) is 1.22. The van der Waals surface area contributed by atoms with Gasteiger partial charge in [0.15, 0.2) is 4.80 Å². The summed E-state index contributed by atoms with van der Waals surface area (Å²) in [6.45, 7) is 3.05. The van der Waals surface area contributed by atoms with Crippen molar-refractivity contribution < 1.29 is 19.1 Å². The molecule has 0 N–H and O–H groups in total. The lowest BCUT2D eigenvalue weighted by Crippen LogP contribution is -2.39. The smallest absolute Gasteiger partial charge is 0.338 e. The molecule has 0 amide bonds. The van der Waals surface area contributed by atoms with Crippen LogP contribution in [0.3, 0.4) is 0 Å². The third kappa shape index (κ3) is 4.01. The van der Waals surface area contributed by atoms with Crippen molar-refractivity contribution in [2.75, 3.05) is 7.11 Å². The molecule has 4 rings (SSSR count). The molecular weight excluding hydrogens is 436 g/mol. The minimum Gasteiger partial charge on any atom is -0.466 e. The molecule has 0 radical (unpaired) electrons. The Hall–Kier alpha value is -3.30. The first-order valence-corrected chi connectivity index (χ1v) is 11.0. The number of fused-ring (bicyclic) bond motifs is 1. The van der Waals surface area contributed by atoms with E-state index in [1.54, 1.807) is 31.2 Å². The quantitative estimate of drug-likeness (QED) is 0.446. The Bertz CT molecular complexity index is 1360. The van der Waals surface area contributed by atoms with Crippen LogP contribution in [0.5, 0.6) is 5.75 Å². The van der Waals surface area contributed by atoms with E-state index in [1.165, 1.54) is 41.3 Å². The van der Waals surface area contributed by atoms with E-state index in [2.05, 4.69) is 4.99 Å². The Kier molecular flexibility index (Phi) is 5.71. The van der Waals surface area contributed by atoms with Gasteiger partial charge in [-0.15, -0.1) is 11.3 Å². The van der Waals surface area contributed by atoms with E-state index in [9.17, 15) is 14.4 Å². The lowest BCUT2D eigenvalue weighted by molar-refractivity contribution is -0.136. The summed E-state index contributed by atoms with van der Waals surface area (Å²) >= 11 is 2.81. The van der Waals surface area contributed by atoms with Gasteiger partial charge >= 0.3 is 11.9 Å². The molecule has 0 saturated carbocycles. The maximum atomic E-state index is 13.3. The third-order valence-corrected chi connectivity index (χ3v) is 6.50. The van der Waals surface area contributed by atoms with E-state index in [1.807, 2.05) is 23.6 Å². The molecule has 1 aliphatic rings. The van der Waals surface area contributed by atoms with Gasteiger partial charge < -0.3 is 9.47 Å². The first-order chi connectivity index (χ1) is 14.9. The standard InChI is InChI=1S/C22H18N2O5S2/c1-12-18(21(27)28-3)19(14-6-8-15(9-7-14)29-13(2)25)24-20(26)17(31-22(24)23-12)11-16-5-4-10-30-16/h4-11,19H,1-3H3/t19-/m1/s1. The zero-order valence-corrected chi connectivity index (χ0v) is 18.6.